The fourth-order valence-corrected chi connectivity index (χ4v) is 1.29. The summed E-state index contributed by atoms with van der Waals surface area (Å²) in [6.45, 7) is 0. The summed E-state index contributed by atoms with van der Waals surface area (Å²) in [5.74, 6) is 0.474. The van der Waals surface area contributed by atoms with Crippen LogP contribution < -0.4 is 9.47 Å². The second kappa shape index (κ2) is 6.95. The van der Waals surface area contributed by atoms with E-state index in [0.717, 1.165) is 5.56 Å². The molecular weight excluding hydrogens is 232 g/mol. The summed E-state index contributed by atoms with van der Waals surface area (Å²) >= 11 is 0. The van der Waals surface area contributed by atoms with Crippen molar-refractivity contribution in [1.29, 1.82) is 0 Å². The summed E-state index contributed by atoms with van der Waals surface area (Å²) in [7, 11) is 3.12. The van der Waals surface area contributed by atoms with Crippen molar-refractivity contribution in [1.82, 2.24) is 0 Å². The van der Waals surface area contributed by atoms with Crippen LogP contribution in [0.5, 0.6) is 11.5 Å². The minimum Gasteiger partial charge on any atom is -0.493 e. The van der Waals surface area contributed by atoms with E-state index in [9.17, 15) is 4.79 Å². The zero-order valence-corrected chi connectivity index (χ0v) is 10.0. The summed E-state index contributed by atoms with van der Waals surface area (Å²) in [6.07, 6.45) is 0.616. The minimum absolute atomic E-state index is 0. The van der Waals surface area contributed by atoms with Gasteiger partial charge in [-0.2, -0.15) is 0 Å². The van der Waals surface area contributed by atoms with E-state index in [0.29, 0.717) is 17.9 Å². The molecule has 0 atom stereocenters. The predicted molar refractivity (Wildman–Crippen MR) is 62.8 cm³/mol. The van der Waals surface area contributed by atoms with Gasteiger partial charge in [-0.15, -0.1) is 12.4 Å². The molecule has 90 valence electrons. The van der Waals surface area contributed by atoms with E-state index >= 15 is 0 Å². The molecular formula is C11H15ClO4. The van der Waals surface area contributed by atoms with Crippen molar-refractivity contribution in [2.45, 2.75) is 12.8 Å². The predicted octanol–water partition coefficient (Wildman–Crippen LogP) is 2.14. The van der Waals surface area contributed by atoms with Gasteiger partial charge in [0.2, 0.25) is 0 Å². The molecule has 0 heterocycles. The van der Waals surface area contributed by atoms with Crippen LogP contribution in [0.1, 0.15) is 12.0 Å². The van der Waals surface area contributed by atoms with Gasteiger partial charge in [0.1, 0.15) is 0 Å². The Hall–Kier alpha value is -1.42. The molecule has 0 bridgehead atoms. The quantitative estimate of drug-likeness (QED) is 0.865. The van der Waals surface area contributed by atoms with Crippen molar-refractivity contribution in [2.24, 2.45) is 0 Å². The molecule has 0 amide bonds. The molecule has 5 heteroatoms. The molecule has 16 heavy (non-hydrogen) atoms. The van der Waals surface area contributed by atoms with Crippen LogP contribution in [0.25, 0.3) is 0 Å². The average molecular weight is 247 g/mol. The molecule has 0 spiro atoms. The summed E-state index contributed by atoms with van der Waals surface area (Å²) in [4.78, 5) is 10.4. The fraction of sp³-hybridized carbons (Fsp3) is 0.364. The van der Waals surface area contributed by atoms with Crippen molar-refractivity contribution in [3.8, 4) is 11.5 Å². The zero-order valence-electron chi connectivity index (χ0n) is 9.23. The van der Waals surface area contributed by atoms with Gasteiger partial charge in [0, 0.05) is 6.42 Å². The Morgan fingerprint density at radius 3 is 2.38 bits per heavy atom. The van der Waals surface area contributed by atoms with Gasteiger partial charge in [0.25, 0.3) is 0 Å². The molecule has 4 nitrogen and oxygen atoms in total. The Balaban J connectivity index is 0.00000225. The number of rotatable bonds is 5. The van der Waals surface area contributed by atoms with E-state index < -0.39 is 5.97 Å². The van der Waals surface area contributed by atoms with Crippen molar-refractivity contribution >= 4 is 18.4 Å². The van der Waals surface area contributed by atoms with E-state index in [4.69, 9.17) is 14.6 Å². The average Bonchev–Trinajstić information content (AvgIpc) is 2.25. The van der Waals surface area contributed by atoms with Gasteiger partial charge in [0.05, 0.1) is 14.2 Å². The number of ether oxygens (including phenoxy) is 2. The molecule has 0 aliphatic rings. The van der Waals surface area contributed by atoms with Crippen molar-refractivity contribution in [2.75, 3.05) is 14.2 Å². The highest BCUT2D eigenvalue weighted by atomic mass is 35.5. The number of carboxylic acid groups (broad SMARTS) is 1. The summed E-state index contributed by atoms with van der Waals surface area (Å²) < 4.78 is 10.2. The van der Waals surface area contributed by atoms with E-state index in [1.807, 2.05) is 6.07 Å². The van der Waals surface area contributed by atoms with Crippen LogP contribution in [0.4, 0.5) is 0 Å². The van der Waals surface area contributed by atoms with Gasteiger partial charge in [-0.05, 0) is 24.1 Å². The first-order valence-corrected chi connectivity index (χ1v) is 4.60. The minimum atomic E-state index is -0.801. The molecule has 0 saturated carbocycles. The maximum Gasteiger partial charge on any atom is 0.303 e. The number of halogens is 1. The van der Waals surface area contributed by atoms with E-state index in [1.165, 1.54) is 0 Å². The first kappa shape index (κ1) is 14.6. The topological polar surface area (TPSA) is 55.8 Å². The molecule has 1 N–H and O–H groups in total. The third-order valence-corrected chi connectivity index (χ3v) is 2.08. The molecule has 0 unspecified atom stereocenters. The highest BCUT2D eigenvalue weighted by Gasteiger charge is 2.05. The summed E-state index contributed by atoms with van der Waals surface area (Å²) in [5, 5.41) is 8.55. The number of aryl methyl sites for hydroxylation is 1. The fourth-order valence-electron chi connectivity index (χ4n) is 1.29. The van der Waals surface area contributed by atoms with Crippen LogP contribution in [-0.4, -0.2) is 25.3 Å². The molecule has 0 saturated heterocycles. The zero-order chi connectivity index (χ0) is 11.3. The number of benzene rings is 1. The van der Waals surface area contributed by atoms with Gasteiger partial charge in [-0.1, -0.05) is 6.07 Å². The maximum absolute atomic E-state index is 10.4. The van der Waals surface area contributed by atoms with Gasteiger partial charge in [-0.25, -0.2) is 0 Å². The first-order valence-electron chi connectivity index (χ1n) is 4.60. The molecule has 0 aromatic heterocycles. The second-order valence-electron chi connectivity index (χ2n) is 3.08. The van der Waals surface area contributed by atoms with Crippen LogP contribution in [-0.2, 0) is 11.2 Å². The lowest BCUT2D eigenvalue weighted by Gasteiger charge is -2.08. The molecule has 0 radical (unpaired) electrons. The summed E-state index contributed by atoms with van der Waals surface area (Å²) in [5.41, 5.74) is 0.926. The van der Waals surface area contributed by atoms with Crippen molar-refractivity contribution in [3.63, 3.8) is 0 Å². The Bertz CT molecular complexity index is 352. The van der Waals surface area contributed by atoms with Gasteiger partial charge in [-0.3, -0.25) is 4.79 Å². The standard InChI is InChI=1S/C11H14O4.ClH/c1-14-9-5-3-8(4-6-11(12)13)7-10(9)15-2;/h3,5,7H,4,6H2,1-2H3,(H,12,13);1H. The Labute approximate surface area is 101 Å². The molecule has 1 aromatic rings. The number of aliphatic carboxylic acids is 1. The van der Waals surface area contributed by atoms with Gasteiger partial charge in [0.15, 0.2) is 11.5 Å². The lowest BCUT2D eigenvalue weighted by Crippen LogP contribution is -1.98. The van der Waals surface area contributed by atoms with Crippen LogP contribution in [0.3, 0.4) is 0 Å². The smallest absolute Gasteiger partial charge is 0.303 e. The number of carboxylic acids is 1. The number of methoxy groups -OCH3 is 2. The SMILES string of the molecule is COc1ccc(CCC(=O)O)cc1OC.Cl. The molecule has 0 aliphatic heterocycles. The van der Waals surface area contributed by atoms with Crippen LogP contribution >= 0.6 is 12.4 Å². The first-order chi connectivity index (χ1) is 7.17. The van der Waals surface area contributed by atoms with Crippen molar-refractivity contribution in [3.05, 3.63) is 23.8 Å². The number of hydrogen-bond donors (Lipinski definition) is 1. The third kappa shape index (κ3) is 3.98. The summed E-state index contributed by atoms with van der Waals surface area (Å²) in [6, 6.07) is 5.40. The van der Waals surface area contributed by atoms with Crippen LogP contribution in [0, 0.1) is 0 Å². The molecule has 1 rings (SSSR count). The molecule has 1 aromatic carbocycles. The van der Waals surface area contributed by atoms with Gasteiger partial charge >= 0.3 is 5.97 Å². The monoisotopic (exact) mass is 246 g/mol. The molecule has 0 aliphatic carbocycles. The number of carbonyl (C=O) groups is 1. The van der Waals surface area contributed by atoms with E-state index in [1.54, 1.807) is 26.4 Å². The Morgan fingerprint density at radius 1 is 1.25 bits per heavy atom. The van der Waals surface area contributed by atoms with E-state index in [-0.39, 0.29) is 18.8 Å². The highest BCUT2D eigenvalue weighted by molar-refractivity contribution is 5.85. The lowest BCUT2D eigenvalue weighted by molar-refractivity contribution is -0.136. The Kier molecular flexibility index (Phi) is 6.34. The molecule has 0 fully saturated rings. The van der Waals surface area contributed by atoms with Crippen molar-refractivity contribution < 1.29 is 19.4 Å². The second-order valence-corrected chi connectivity index (χ2v) is 3.08. The van der Waals surface area contributed by atoms with Crippen LogP contribution in [0.15, 0.2) is 18.2 Å². The normalized spacial score (nSPS) is 9.12. The Morgan fingerprint density at radius 2 is 1.88 bits per heavy atom. The maximum atomic E-state index is 10.4. The van der Waals surface area contributed by atoms with Gasteiger partial charge < -0.3 is 14.6 Å². The van der Waals surface area contributed by atoms with E-state index in [2.05, 4.69) is 0 Å². The lowest BCUT2D eigenvalue weighted by atomic mass is 10.1. The van der Waals surface area contributed by atoms with Crippen LogP contribution in [0.2, 0.25) is 0 Å². The largest absolute Gasteiger partial charge is 0.493 e. The highest BCUT2D eigenvalue weighted by Crippen LogP contribution is 2.27. The number of hydrogen-bond acceptors (Lipinski definition) is 3. The third-order valence-electron chi connectivity index (χ3n) is 2.08.